The lowest BCUT2D eigenvalue weighted by Crippen LogP contribution is -2.03. The SMILES string of the molecule is COc1cc2nc(CN)c(Cl)nc2cc1C. The van der Waals surface area contributed by atoms with Crippen LogP contribution in [-0.4, -0.2) is 17.1 Å². The average molecular weight is 238 g/mol. The molecule has 1 heterocycles. The molecule has 1 aromatic heterocycles. The van der Waals surface area contributed by atoms with Gasteiger partial charge in [0.05, 0.1) is 23.8 Å². The molecular weight excluding hydrogens is 226 g/mol. The molecule has 0 fully saturated rings. The topological polar surface area (TPSA) is 61.0 Å². The van der Waals surface area contributed by atoms with E-state index < -0.39 is 0 Å². The molecule has 5 heteroatoms. The van der Waals surface area contributed by atoms with E-state index in [0.29, 0.717) is 10.8 Å². The molecule has 0 radical (unpaired) electrons. The molecule has 2 aromatic rings. The van der Waals surface area contributed by atoms with Crippen LogP contribution in [0.4, 0.5) is 0 Å². The minimum absolute atomic E-state index is 0.276. The third kappa shape index (κ3) is 1.81. The molecule has 2 N–H and O–H groups in total. The number of fused-ring (bicyclic) bond motifs is 1. The second kappa shape index (κ2) is 4.23. The van der Waals surface area contributed by atoms with Gasteiger partial charge in [-0.25, -0.2) is 9.97 Å². The molecule has 0 bridgehead atoms. The Balaban J connectivity index is 2.71. The molecule has 0 spiro atoms. The van der Waals surface area contributed by atoms with E-state index in [9.17, 15) is 0 Å². The number of aromatic nitrogens is 2. The number of halogens is 1. The van der Waals surface area contributed by atoms with Crippen LogP contribution in [0.25, 0.3) is 11.0 Å². The molecule has 2 rings (SSSR count). The van der Waals surface area contributed by atoms with E-state index in [1.807, 2.05) is 19.1 Å². The van der Waals surface area contributed by atoms with Crippen LogP contribution in [0.15, 0.2) is 12.1 Å². The first-order chi connectivity index (χ1) is 7.65. The van der Waals surface area contributed by atoms with Gasteiger partial charge in [0.25, 0.3) is 0 Å². The second-order valence-electron chi connectivity index (χ2n) is 3.48. The number of nitrogens with two attached hydrogens (primary N) is 1. The Labute approximate surface area is 98.4 Å². The first-order valence-corrected chi connectivity index (χ1v) is 5.24. The zero-order valence-electron chi connectivity index (χ0n) is 9.12. The van der Waals surface area contributed by atoms with Crippen LogP contribution in [0.5, 0.6) is 5.75 Å². The molecule has 0 saturated carbocycles. The highest BCUT2D eigenvalue weighted by molar-refractivity contribution is 6.30. The fourth-order valence-corrected chi connectivity index (χ4v) is 1.76. The van der Waals surface area contributed by atoms with Crippen LogP contribution in [0.3, 0.4) is 0 Å². The number of aryl methyl sites for hydroxylation is 1. The van der Waals surface area contributed by atoms with Gasteiger partial charge in [-0.1, -0.05) is 11.6 Å². The average Bonchev–Trinajstić information content (AvgIpc) is 2.27. The summed E-state index contributed by atoms with van der Waals surface area (Å²) in [4.78, 5) is 8.59. The van der Waals surface area contributed by atoms with Gasteiger partial charge in [0.15, 0.2) is 5.15 Å². The van der Waals surface area contributed by atoms with Crippen molar-refractivity contribution in [2.75, 3.05) is 7.11 Å². The summed E-state index contributed by atoms with van der Waals surface area (Å²) in [5.74, 6) is 0.784. The van der Waals surface area contributed by atoms with Crippen molar-refractivity contribution in [3.05, 3.63) is 28.5 Å². The summed E-state index contributed by atoms with van der Waals surface area (Å²) in [7, 11) is 1.63. The van der Waals surface area contributed by atoms with E-state index in [-0.39, 0.29) is 6.54 Å². The quantitative estimate of drug-likeness (QED) is 0.869. The van der Waals surface area contributed by atoms with Gasteiger partial charge in [-0.15, -0.1) is 0 Å². The molecule has 0 aliphatic carbocycles. The summed E-state index contributed by atoms with van der Waals surface area (Å²) >= 11 is 5.94. The lowest BCUT2D eigenvalue weighted by molar-refractivity contribution is 0.412. The number of nitrogens with zero attached hydrogens (tertiary/aromatic N) is 2. The fourth-order valence-electron chi connectivity index (χ4n) is 1.55. The van der Waals surface area contributed by atoms with Crippen LogP contribution in [-0.2, 0) is 6.54 Å². The standard InChI is InChI=1S/C11H12ClN3O/c1-6-3-7-8(4-10(6)16-2)14-9(5-13)11(12)15-7/h3-4H,5,13H2,1-2H3. The summed E-state index contributed by atoms with van der Waals surface area (Å²) in [5, 5.41) is 0.361. The maximum absolute atomic E-state index is 5.94. The molecule has 16 heavy (non-hydrogen) atoms. The van der Waals surface area contributed by atoms with Gasteiger partial charge in [0.2, 0.25) is 0 Å². The van der Waals surface area contributed by atoms with E-state index in [1.54, 1.807) is 7.11 Å². The van der Waals surface area contributed by atoms with Crippen molar-refractivity contribution in [2.45, 2.75) is 13.5 Å². The highest BCUT2D eigenvalue weighted by atomic mass is 35.5. The molecule has 0 aliphatic heterocycles. The van der Waals surface area contributed by atoms with E-state index in [1.165, 1.54) is 0 Å². The first kappa shape index (κ1) is 11.1. The van der Waals surface area contributed by atoms with E-state index in [4.69, 9.17) is 22.1 Å². The highest BCUT2D eigenvalue weighted by Crippen LogP contribution is 2.24. The minimum Gasteiger partial charge on any atom is -0.496 e. The van der Waals surface area contributed by atoms with Crippen LogP contribution < -0.4 is 10.5 Å². The van der Waals surface area contributed by atoms with Crippen molar-refractivity contribution in [2.24, 2.45) is 5.73 Å². The Morgan fingerprint density at radius 1 is 1.31 bits per heavy atom. The van der Waals surface area contributed by atoms with Gasteiger partial charge in [-0.2, -0.15) is 0 Å². The predicted octanol–water partition coefficient (Wildman–Crippen LogP) is 2.06. The van der Waals surface area contributed by atoms with Crippen LogP contribution in [0, 0.1) is 6.92 Å². The fraction of sp³-hybridized carbons (Fsp3) is 0.273. The molecule has 1 aromatic carbocycles. The number of benzene rings is 1. The monoisotopic (exact) mass is 237 g/mol. The number of hydrogen-bond acceptors (Lipinski definition) is 4. The van der Waals surface area contributed by atoms with Crippen molar-refractivity contribution in [3.8, 4) is 5.75 Å². The van der Waals surface area contributed by atoms with Gasteiger partial charge in [-0.3, -0.25) is 0 Å². The van der Waals surface area contributed by atoms with Crippen LogP contribution in [0.1, 0.15) is 11.3 Å². The maximum atomic E-state index is 5.94. The Hall–Kier alpha value is -1.39. The summed E-state index contributed by atoms with van der Waals surface area (Å²) in [6, 6.07) is 3.74. The molecule has 0 saturated heterocycles. The molecular formula is C11H12ClN3O. The van der Waals surface area contributed by atoms with Crippen molar-refractivity contribution in [1.82, 2.24) is 9.97 Å². The normalized spacial score (nSPS) is 10.8. The highest BCUT2D eigenvalue weighted by Gasteiger charge is 2.08. The number of methoxy groups -OCH3 is 1. The largest absolute Gasteiger partial charge is 0.496 e. The van der Waals surface area contributed by atoms with Gasteiger partial charge in [0.1, 0.15) is 5.75 Å². The smallest absolute Gasteiger partial charge is 0.152 e. The zero-order valence-corrected chi connectivity index (χ0v) is 9.88. The molecule has 0 aliphatic rings. The number of ether oxygens (including phenoxy) is 1. The second-order valence-corrected chi connectivity index (χ2v) is 3.83. The Morgan fingerprint density at radius 3 is 2.62 bits per heavy atom. The number of rotatable bonds is 2. The maximum Gasteiger partial charge on any atom is 0.152 e. The van der Waals surface area contributed by atoms with Crippen molar-refractivity contribution < 1.29 is 4.74 Å². The third-order valence-corrected chi connectivity index (χ3v) is 2.70. The summed E-state index contributed by atoms with van der Waals surface area (Å²) in [5.41, 5.74) is 8.62. The third-order valence-electron chi connectivity index (χ3n) is 2.40. The Bertz CT molecular complexity index is 497. The van der Waals surface area contributed by atoms with Crippen molar-refractivity contribution in [3.63, 3.8) is 0 Å². The van der Waals surface area contributed by atoms with Crippen LogP contribution in [0.2, 0.25) is 5.15 Å². The van der Waals surface area contributed by atoms with Crippen molar-refractivity contribution in [1.29, 1.82) is 0 Å². The minimum atomic E-state index is 0.276. The van der Waals surface area contributed by atoms with Gasteiger partial charge >= 0.3 is 0 Å². The molecule has 0 amide bonds. The Kier molecular flexibility index (Phi) is 2.94. The lowest BCUT2D eigenvalue weighted by Gasteiger charge is -2.07. The van der Waals surface area contributed by atoms with Gasteiger partial charge in [-0.05, 0) is 18.6 Å². The zero-order chi connectivity index (χ0) is 11.7. The molecule has 4 nitrogen and oxygen atoms in total. The summed E-state index contributed by atoms with van der Waals surface area (Å²) in [6.07, 6.45) is 0. The van der Waals surface area contributed by atoms with Gasteiger partial charge < -0.3 is 10.5 Å². The van der Waals surface area contributed by atoms with Crippen LogP contribution >= 0.6 is 11.6 Å². The number of hydrogen-bond donors (Lipinski definition) is 1. The first-order valence-electron chi connectivity index (χ1n) is 4.86. The van der Waals surface area contributed by atoms with Gasteiger partial charge in [0, 0.05) is 12.6 Å². The molecule has 84 valence electrons. The Morgan fingerprint density at radius 2 is 2.00 bits per heavy atom. The van der Waals surface area contributed by atoms with Crippen molar-refractivity contribution >= 4 is 22.6 Å². The van der Waals surface area contributed by atoms with E-state index in [0.717, 1.165) is 22.3 Å². The van der Waals surface area contributed by atoms with E-state index in [2.05, 4.69) is 9.97 Å². The molecule has 0 atom stereocenters. The summed E-state index contributed by atoms with van der Waals surface area (Å²) < 4.78 is 5.22. The summed E-state index contributed by atoms with van der Waals surface area (Å²) in [6.45, 7) is 2.22. The lowest BCUT2D eigenvalue weighted by atomic mass is 10.2. The van der Waals surface area contributed by atoms with E-state index >= 15 is 0 Å². The predicted molar refractivity (Wildman–Crippen MR) is 63.7 cm³/mol. The molecule has 0 unspecified atom stereocenters.